The van der Waals surface area contributed by atoms with Gasteiger partial charge in [0.05, 0.1) is 5.92 Å². The summed E-state index contributed by atoms with van der Waals surface area (Å²) in [4.78, 5) is 24.5. The van der Waals surface area contributed by atoms with E-state index in [1.165, 1.54) is 0 Å². The lowest BCUT2D eigenvalue weighted by Crippen LogP contribution is -2.42. The minimum absolute atomic E-state index is 0.117. The Balaban J connectivity index is 1.84. The molecular formula is C14H15Cl2NO4. The normalized spacial score (nSPS) is 15.8. The van der Waals surface area contributed by atoms with Gasteiger partial charge in [-0.3, -0.25) is 9.59 Å². The molecular weight excluding hydrogens is 317 g/mol. The number of carboxylic acid groups (broad SMARTS) is 1. The van der Waals surface area contributed by atoms with Crippen molar-refractivity contribution in [2.24, 2.45) is 5.92 Å². The predicted molar refractivity (Wildman–Crippen MR) is 78.9 cm³/mol. The molecule has 5 nitrogen and oxygen atoms in total. The maximum Gasteiger partial charge on any atom is 0.306 e. The summed E-state index contributed by atoms with van der Waals surface area (Å²) in [6.07, 6.45) is 0.953. The number of hydrogen-bond donors (Lipinski definition) is 1. The molecule has 1 saturated heterocycles. The Morgan fingerprint density at radius 2 is 1.76 bits per heavy atom. The van der Waals surface area contributed by atoms with Crippen molar-refractivity contribution in [1.29, 1.82) is 0 Å². The van der Waals surface area contributed by atoms with Gasteiger partial charge in [-0.25, -0.2) is 0 Å². The zero-order valence-corrected chi connectivity index (χ0v) is 12.7. The van der Waals surface area contributed by atoms with Gasteiger partial charge in [-0.2, -0.15) is 0 Å². The van der Waals surface area contributed by atoms with Crippen molar-refractivity contribution < 1.29 is 19.4 Å². The quantitative estimate of drug-likeness (QED) is 0.921. The van der Waals surface area contributed by atoms with Crippen LogP contribution in [0.4, 0.5) is 0 Å². The number of carboxylic acids is 1. The topological polar surface area (TPSA) is 66.8 Å². The second-order valence-electron chi connectivity index (χ2n) is 4.89. The van der Waals surface area contributed by atoms with Gasteiger partial charge in [-0.15, -0.1) is 0 Å². The molecule has 1 aromatic carbocycles. The Bertz CT molecular complexity index is 522. The fraction of sp³-hybridized carbons (Fsp3) is 0.429. The van der Waals surface area contributed by atoms with E-state index in [9.17, 15) is 9.59 Å². The molecule has 1 aromatic rings. The lowest BCUT2D eigenvalue weighted by Gasteiger charge is -2.30. The summed E-state index contributed by atoms with van der Waals surface area (Å²) in [5, 5.41) is 9.79. The molecule has 0 aliphatic carbocycles. The van der Waals surface area contributed by atoms with Crippen LogP contribution >= 0.6 is 23.2 Å². The molecule has 1 aliphatic heterocycles. The van der Waals surface area contributed by atoms with Crippen molar-refractivity contribution >= 4 is 35.1 Å². The molecule has 21 heavy (non-hydrogen) atoms. The first-order valence-electron chi connectivity index (χ1n) is 6.55. The third kappa shape index (κ3) is 4.51. The van der Waals surface area contributed by atoms with E-state index in [2.05, 4.69) is 0 Å². The first-order chi connectivity index (χ1) is 9.95. The highest BCUT2D eigenvalue weighted by Crippen LogP contribution is 2.24. The Labute approximate surface area is 132 Å². The largest absolute Gasteiger partial charge is 0.484 e. The van der Waals surface area contributed by atoms with Crippen LogP contribution in [0, 0.1) is 5.92 Å². The van der Waals surface area contributed by atoms with Gasteiger partial charge in [-0.1, -0.05) is 23.2 Å². The average Bonchev–Trinajstić information content (AvgIpc) is 2.44. The Morgan fingerprint density at radius 3 is 2.29 bits per heavy atom. The molecule has 0 saturated carbocycles. The zero-order valence-electron chi connectivity index (χ0n) is 11.2. The summed E-state index contributed by atoms with van der Waals surface area (Å²) in [5.41, 5.74) is 0. The minimum atomic E-state index is -0.799. The fourth-order valence-corrected chi connectivity index (χ4v) is 2.73. The molecule has 7 heteroatoms. The lowest BCUT2D eigenvalue weighted by molar-refractivity contribution is -0.146. The maximum absolute atomic E-state index is 12.0. The summed E-state index contributed by atoms with van der Waals surface area (Å²) in [6.45, 7) is 0.763. The van der Waals surface area contributed by atoms with E-state index in [0.29, 0.717) is 41.7 Å². The van der Waals surface area contributed by atoms with Crippen LogP contribution in [-0.2, 0) is 9.59 Å². The molecule has 0 unspecified atom stereocenters. The van der Waals surface area contributed by atoms with Crippen molar-refractivity contribution in [2.45, 2.75) is 12.8 Å². The van der Waals surface area contributed by atoms with Crippen molar-refractivity contribution in [2.75, 3.05) is 19.7 Å². The Morgan fingerprint density at radius 1 is 1.19 bits per heavy atom. The van der Waals surface area contributed by atoms with Gasteiger partial charge in [-0.05, 0) is 31.0 Å². The number of halogens is 2. The zero-order chi connectivity index (χ0) is 15.4. The summed E-state index contributed by atoms with van der Waals surface area (Å²) < 4.78 is 5.38. The highest BCUT2D eigenvalue weighted by atomic mass is 35.5. The van der Waals surface area contributed by atoms with E-state index in [1.54, 1.807) is 23.1 Å². The van der Waals surface area contributed by atoms with Gasteiger partial charge in [0.2, 0.25) is 0 Å². The van der Waals surface area contributed by atoms with Crippen LogP contribution in [0.1, 0.15) is 12.8 Å². The second-order valence-corrected chi connectivity index (χ2v) is 5.76. The number of piperidine rings is 1. The lowest BCUT2D eigenvalue weighted by atomic mass is 9.97. The van der Waals surface area contributed by atoms with Gasteiger partial charge in [0.1, 0.15) is 5.75 Å². The number of likely N-dealkylation sites (tertiary alicyclic amines) is 1. The number of amides is 1. The van der Waals surface area contributed by atoms with E-state index in [0.717, 1.165) is 0 Å². The van der Waals surface area contributed by atoms with Crippen LogP contribution in [0.25, 0.3) is 0 Å². The molecule has 1 heterocycles. The van der Waals surface area contributed by atoms with E-state index in [4.69, 9.17) is 33.0 Å². The minimum Gasteiger partial charge on any atom is -0.484 e. The second kappa shape index (κ2) is 7.00. The number of carbonyl (C=O) groups excluding carboxylic acids is 1. The van der Waals surface area contributed by atoms with Gasteiger partial charge >= 0.3 is 5.97 Å². The molecule has 0 spiro atoms. The maximum atomic E-state index is 12.0. The van der Waals surface area contributed by atoms with Crippen LogP contribution < -0.4 is 4.74 Å². The van der Waals surface area contributed by atoms with E-state index < -0.39 is 5.97 Å². The molecule has 1 amide bonds. The molecule has 114 valence electrons. The smallest absolute Gasteiger partial charge is 0.306 e. The first kappa shape index (κ1) is 15.9. The van der Waals surface area contributed by atoms with Gasteiger partial charge in [0.15, 0.2) is 6.61 Å². The molecule has 0 atom stereocenters. The third-order valence-electron chi connectivity index (χ3n) is 3.40. The van der Waals surface area contributed by atoms with Gasteiger partial charge < -0.3 is 14.7 Å². The molecule has 2 rings (SSSR count). The number of rotatable bonds is 4. The van der Waals surface area contributed by atoms with Crippen LogP contribution in [0.15, 0.2) is 18.2 Å². The highest BCUT2D eigenvalue weighted by molar-refractivity contribution is 6.34. The summed E-state index contributed by atoms with van der Waals surface area (Å²) in [7, 11) is 0. The number of nitrogens with zero attached hydrogens (tertiary/aromatic N) is 1. The summed E-state index contributed by atoms with van der Waals surface area (Å²) in [5.74, 6) is -0.898. The number of benzene rings is 1. The first-order valence-corrected chi connectivity index (χ1v) is 7.31. The Hall–Kier alpha value is -1.46. The van der Waals surface area contributed by atoms with Crippen molar-refractivity contribution in [3.8, 4) is 5.75 Å². The van der Waals surface area contributed by atoms with E-state index in [1.807, 2.05) is 0 Å². The number of aliphatic carboxylic acids is 1. The molecule has 0 radical (unpaired) electrons. The average molecular weight is 332 g/mol. The van der Waals surface area contributed by atoms with Crippen LogP contribution in [0.3, 0.4) is 0 Å². The van der Waals surface area contributed by atoms with E-state index in [-0.39, 0.29) is 18.4 Å². The predicted octanol–water partition coefficient (Wildman–Crippen LogP) is 2.70. The van der Waals surface area contributed by atoms with Crippen LogP contribution in [0.5, 0.6) is 5.75 Å². The highest BCUT2D eigenvalue weighted by Gasteiger charge is 2.27. The number of ether oxygens (including phenoxy) is 1. The van der Waals surface area contributed by atoms with Crippen molar-refractivity contribution in [3.05, 3.63) is 28.2 Å². The van der Waals surface area contributed by atoms with Crippen molar-refractivity contribution in [3.63, 3.8) is 0 Å². The molecule has 0 aromatic heterocycles. The number of carbonyl (C=O) groups is 2. The molecule has 0 bridgehead atoms. The van der Waals surface area contributed by atoms with Crippen LogP contribution in [0.2, 0.25) is 10.0 Å². The summed E-state index contributed by atoms with van der Waals surface area (Å²) in [6, 6.07) is 4.74. The monoisotopic (exact) mass is 331 g/mol. The standard InChI is InChI=1S/C14H15Cl2NO4/c15-10-5-11(16)7-12(6-10)21-8-13(18)17-3-1-9(2-4-17)14(19)20/h5-7,9H,1-4,8H2,(H,19,20). The Kier molecular flexibility index (Phi) is 5.31. The van der Waals surface area contributed by atoms with Gasteiger partial charge in [0.25, 0.3) is 5.91 Å². The number of hydrogen-bond acceptors (Lipinski definition) is 3. The molecule has 1 aliphatic rings. The fourth-order valence-electron chi connectivity index (χ4n) is 2.22. The van der Waals surface area contributed by atoms with E-state index >= 15 is 0 Å². The van der Waals surface area contributed by atoms with Crippen LogP contribution in [-0.4, -0.2) is 41.6 Å². The molecule has 1 N–H and O–H groups in total. The molecule has 1 fully saturated rings. The summed E-state index contributed by atoms with van der Waals surface area (Å²) >= 11 is 11.7. The SMILES string of the molecule is O=C(O)C1CCN(C(=O)COc2cc(Cl)cc(Cl)c2)CC1. The van der Waals surface area contributed by atoms with Gasteiger partial charge in [0, 0.05) is 23.1 Å². The third-order valence-corrected chi connectivity index (χ3v) is 3.83. The van der Waals surface area contributed by atoms with Crippen molar-refractivity contribution in [1.82, 2.24) is 4.90 Å².